The molecule has 28 heavy (non-hydrogen) atoms. The number of aromatic amines is 1. The minimum Gasteiger partial charge on any atom is -0.427 e. The lowest BCUT2D eigenvalue weighted by atomic mass is 9.95. The van der Waals surface area contributed by atoms with E-state index < -0.39 is 11.5 Å². The first-order chi connectivity index (χ1) is 13.6. The minimum absolute atomic E-state index is 0.0807. The molecule has 7 nitrogen and oxygen atoms in total. The van der Waals surface area contributed by atoms with E-state index in [4.69, 9.17) is 4.42 Å². The van der Waals surface area contributed by atoms with E-state index in [1.807, 2.05) is 30.3 Å². The van der Waals surface area contributed by atoms with Crippen LogP contribution in [0.1, 0.15) is 46.3 Å². The van der Waals surface area contributed by atoms with Crippen LogP contribution in [0.15, 0.2) is 39.5 Å². The summed E-state index contributed by atoms with van der Waals surface area (Å²) in [5, 5.41) is 6.11. The molecule has 7 heteroatoms. The molecule has 1 unspecified atom stereocenters. The summed E-state index contributed by atoms with van der Waals surface area (Å²) in [6, 6.07) is 9.60. The fourth-order valence-electron chi connectivity index (χ4n) is 3.71. The van der Waals surface area contributed by atoms with Crippen molar-refractivity contribution in [1.82, 2.24) is 20.6 Å². The number of nitrogens with one attached hydrogen (secondary N) is 3. The maximum absolute atomic E-state index is 12.5. The standard InChI is InChI=1S/C21H24N4O3/c1-13-11-17(14-5-4-9-22-12-14)28-21(27)19(13)20(26)23-10-8-18-24-15-6-2-3-7-16(15)25-18/h2-3,6-7,11,14,22H,4-5,8-10,12H2,1H3,(H,23,26)(H,24,25). The van der Waals surface area contributed by atoms with Gasteiger partial charge in [-0.05, 0) is 50.1 Å². The van der Waals surface area contributed by atoms with E-state index in [2.05, 4.69) is 20.6 Å². The lowest BCUT2D eigenvalue weighted by molar-refractivity contribution is 0.0948. The van der Waals surface area contributed by atoms with Crippen molar-refractivity contribution in [2.45, 2.75) is 32.1 Å². The van der Waals surface area contributed by atoms with Crippen molar-refractivity contribution in [3.05, 3.63) is 63.5 Å². The summed E-state index contributed by atoms with van der Waals surface area (Å²) in [6.45, 7) is 3.95. The molecule has 0 radical (unpaired) electrons. The van der Waals surface area contributed by atoms with E-state index in [0.717, 1.165) is 42.8 Å². The monoisotopic (exact) mass is 380 g/mol. The predicted molar refractivity (Wildman–Crippen MR) is 107 cm³/mol. The van der Waals surface area contributed by atoms with Gasteiger partial charge in [0.15, 0.2) is 0 Å². The van der Waals surface area contributed by atoms with Gasteiger partial charge in [-0.1, -0.05) is 12.1 Å². The average Bonchev–Trinajstić information content (AvgIpc) is 3.11. The van der Waals surface area contributed by atoms with Crippen LogP contribution in [0.3, 0.4) is 0 Å². The Morgan fingerprint density at radius 1 is 1.36 bits per heavy atom. The number of fused-ring (bicyclic) bond motifs is 1. The number of piperidine rings is 1. The summed E-state index contributed by atoms with van der Waals surface area (Å²) in [4.78, 5) is 32.7. The first-order valence-corrected chi connectivity index (χ1v) is 9.69. The maximum atomic E-state index is 12.5. The third kappa shape index (κ3) is 3.84. The number of hydrogen-bond donors (Lipinski definition) is 3. The van der Waals surface area contributed by atoms with Gasteiger partial charge in [0.1, 0.15) is 17.1 Å². The molecule has 2 aromatic heterocycles. The second-order valence-electron chi connectivity index (χ2n) is 7.24. The topological polar surface area (TPSA) is 100 Å². The molecule has 3 N–H and O–H groups in total. The summed E-state index contributed by atoms with van der Waals surface area (Å²) in [5.74, 6) is 1.24. The van der Waals surface area contributed by atoms with Crippen LogP contribution >= 0.6 is 0 Å². The number of imidazole rings is 1. The van der Waals surface area contributed by atoms with Gasteiger partial charge in [0.25, 0.3) is 5.91 Å². The molecule has 1 aliphatic heterocycles. The third-order valence-corrected chi connectivity index (χ3v) is 5.18. The maximum Gasteiger partial charge on any atom is 0.349 e. The number of carbonyl (C=O) groups is 1. The number of nitrogens with zero attached hydrogens (tertiary/aromatic N) is 1. The minimum atomic E-state index is -0.568. The highest BCUT2D eigenvalue weighted by molar-refractivity contribution is 5.95. The van der Waals surface area contributed by atoms with Crippen molar-refractivity contribution in [3.63, 3.8) is 0 Å². The molecule has 3 aromatic rings. The van der Waals surface area contributed by atoms with Crippen LogP contribution in [-0.4, -0.2) is 35.5 Å². The van der Waals surface area contributed by atoms with Crippen LogP contribution in [0.2, 0.25) is 0 Å². The molecular formula is C21H24N4O3. The zero-order valence-electron chi connectivity index (χ0n) is 15.9. The van der Waals surface area contributed by atoms with Gasteiger partial charge in [-0.15, -0.1) is 0 Å². The number of hydrogen-bond acceptors (Lipinski definition) is 5. The molecule has 0 bridgehead atoms. The number of amides is 1. The number of benzene rings is 1. The van der Waals surface area contributed by atoms with Crippen molar-refractivity contribution in [2.75, 3.05) is 19.6 Å². The van der Waals surface area contributed by atoms with Crippen LogP contribution < -0.4 is 16.3 Å². The number of aromatic nitrogens is 2. The zero-order valence-corrected chi connectivity index (χ0v) is 15.9. The van der Waals surface area contributed by atoms with Crippen molar-refractivity contribution < 1.29 is 9.21 Å². The van der Waals surface area contributed by atoms with Gasteiger partial charge >= 0.3 is 5.63 Å². The summed E-state index contributed by atoms with van der Waals surface area (Å²) in [6.07, 6.45) is 2.59. The van der Waals surface area contributed by atoms with Crippen molar-refractivity contribution in [2.24, 2.45) is 0 Å². The normalized spacial score (nSPS) is 17.0. The number of para-hydroxylation sites is 2. The van der Waals surface area contributed by atoms with Gasteiger partial charge in [0.05, 0.1) is 11.0 Å². The Labute approximate surface area is 162 Å². The Kier molecular flexibility index (Phi) is 5.25. The smallest absolute Gasteiger partial charge is 0.349 e. The molecule has 1 fully saturated rings. The lowest BCUT2D eigenvalue weighted by Gasteiger charge is -2.22. The van der Waals surface area contributed by atoms with Crippen LogP contribution in [-0.2, 0) is 6.42 Å². The summed E-state index contributed by atoms with van der Waals surface area (Å²) in [5.41, 5.74) is 2.03. The highest BCUT2D eigenvalue weighted by Gasteiger charge is 2.22. The first kappa shape index (κ1) is 18.4. The molecule has 3 heterocycles. The summed E-state index contributed by atoms with van der Waals surface area (Å²) in [7, 11) is 0. The summed E-state index contributed by atoms with van der Waals surface area (Å²) < 4.78 is 5.48. The number of carbonyl (C=O) groups excluding carboxylic acids is 1. The van der Waals surface area contributed by atoms with E-state index >= 15 is 0 Å². The highest BCUT2D eigenvalue weighted by atomic mass is 16.4. The van der Waals surface area contributed by atoms with E-state index in [9.17, 15) is 9.59 Å². The number of rotatable bonds is 5. The van der Waals surface area contributed by atoms with Gasteiger partial charge in [0.2, 0.25) is 0 Å². The first-order valence-electron chi connectivity index (χ1n) is 9.69. The second kappa shape index (κ2) is 7.98. The van der Waals surface area contributed by atoms with Crippen molar-refractivity contribution in [3.8, 4) is 0 Å². The molecular weight excluding hydrogens is 356 g/mol. The van der Waals surface area contributed by atoms with Crippen molar-refractivity contribution >= 4 is 16.9 Å². The Morgan fingerprint density at radius 3 is 2.96 bits per heavy atom. The number of H-pyrrole nitrogens is 1. The van der Waals surface area contributed by atoms with Gasteiger partial charge < -0.3 is 20.0 Å². The molecule has 1 amide bonds. The molecule has 146 valence electrons. The quantitative estimate of drug-likeness (QED) is 0.630. The molecule has 0 spiro atoms. The molecule has 1 saturated heterocycles. The van der Waals surface area contributed by atoms with E-state index in [1.54, 1.807) is 6.92 Å². The van der Waals surface area contributed by atoms with Gasteiger partial charge in [0, 0.05) is 25.4 Å². The zero-order chi connectivity index (χ0) is 19.5. The fourth-order valence-corrected chi connectivity index (χ4v) is 3.71. The molecule has 0 saturated carbocycles. The molecule has 1 aliphatic rings. The average molecular weight is 380 g/mol. The molecule has 4 rings (SSSR count). The SMILES string of the molecule is Cc1cc(C2CCCNC2)oc(=O)c1C(=O)NCCc1nc2ccccc2[nH]1. The highest BCUT2D eigenvalue weighted by Crippen LogP contribution is 2.23. The third-order valence-electron chi connectivity index (χ3n) is 5.18. The largest absolute Gasteiger partial charge is 0.427 e. The predicted octanol–water partition coefficient (Wildman–Crippen LogP) is 2.26. The van der Waals surface area contributed by atoms with E-state index in [1.165, 1.54) is 0 Å². The Bertz CT molecular complexity index is 1010. The van der Waals surface area contributed by atoms with Crippen LogP contribution in [0.5, 0.6) is 0 Å². The van der Waals surface area contributed by atoms with Gasteiger partial charge in [-0.25, -0.2) is 9.78 Å². The van der Waals surface area contributed by atoms with Gasteiger partial charge in [-0.3, -0.25) is 4.79 Å². The lowest BCUT2D eigenvalue weighted by Crippen LogP contribution is -2.32. The van der Waals surface area contributed by atoms with Crippen LogP contribution in [0.4, 0.5) is 0 Å². The van der Waals surface area contributed by atoms with Crippen LogP contribution in [0.25, 0.3) is 11.0 Å². The number of aryl methyl sites for hydroxylation is 1. The summed E-state index contributed by atoms with van der Waals surface area (Å²) >= 11 is 0. The molecule has 1 atom stereocenters. The van der Waals surface area contributed by atoms with Gasteiger partial charge in [-0.2, -0.15) is 0 Å². The Balaban J connectivity index is 1.41. The van der Waals surface area contributed by atoms with Crippen LogP contribution in [0, 0.1) is 6.92 Å². The molecule has 1 aromatic carbocycles. The van der Waals surface area contributed by atoms with E-state index in [0.29, 0.717) is 24.3 Å². The second-order valence-corrected chi connectivity index (χ2v) is 7.24. The Hall–Kier alpha value is -2.93. The Morgan fingerprint density at radius 2 is 2.21 bits per heavy atom. The van der Waals surface area contributed by atoms with Crippen molar-refractivity contribution in [1.29, 1.82) is 0 Å². The molecule has 0 aliphatic carbocycles. The van der Waals surface area contributed by atoms with E-state index in [-0.39, 0.29) is 11.5 Å². The fraction of sp³-hybridized carbons (Fsp3) is 0.381.